The molecule has 0 fully saturated rings. The molecule has 0 rings (SSSR count). The van der Waals surface area contributed by atoms with Crippen LogP contribution in [-0.4, -0.2) is 30.5 Å². The van der Waals surface area contributed by atoms with Gasteiger partial charge in [-0.3, -0.25) is 0 Å². The van der Waals surface area contributed by atoms with Gasteiger partial charge in [0.2, 0.25) is 0 Å². The minimum atomic E-state index is -0.139. The Bertz CT molecular complexity index is 69.1. The van der Waals surface area contributed by atoms with Gasteiger partial charge < -0.3 is 10.1 Å². The van der Waals surface area contributed by atoms with Crippen LogP contribution in [0, 0.1) is 6.61 Å². The van der Waals surface area contributed by atoms with Crippen LogP contribution in [0.25, 0.3) is 0 Å². The zero-order valence-corrected chi connectivity index (χ0v) is 5.70. The van der Waals surface area contributed by atoms with Gasteiger partial charge in [-0.2, -0.15) is 4.65 Å². The average molecular weight is 134 g/mol. The summed E-state index contributed by atoms with van der Waals surface area (Å²) in [5, 5.41) is 18.4. The van der Waals surface area contributed by atoms with Crippen molar-refractivity contribution in [2.45, 2.75) is 6.42 Å². The van der Waals surface area contributed by atoms with Gasteiger partial charge in [-0.25, -0.2) is 11.8 Å². The van der Waals surface area contributed by atoms with Crippen LogP contribution < -0.4 is 5.26 Å². The van der Waals surface area contributed by atoms with E-state index in [9.17, 15) is 5.26 Å². The third-order valence-corrected chi connectivity index (χ3v) is 0.862. The molecule has 4 nitrogen and oxygen atoms in total. The van der Waals surface area contributed by atoms with Crippen molar-refractivity contribution in [2.75, 3.05) is 20.6 Å². The van der Waals surface area contributed by atoms with Crippen LogP contribution in [-0.2, 0) is 4.89 Å². The summed E-state index contributed by atoms with van der Waals surface area (Å²) >= 11 is 0. The second kappa shape index (κ2) is 3.79. The van der Waals surface area contributed by atoms with Crippen LogP contribution in [0.1, 0.15) is 6.42 Å². The summed E-state index contributed by atoms with van der Waals surface area (Å²) in [6.07, 6.45) is 0.465. The maximum absolute atomic E-state index is 9.37. The summed E-state index contributed by atoms with van der Waals surface area (Å²) in [5.41, 5.74) is 0. The summed E-state index contributed by atoms with van der Waals surface area (Å²) in [6.45, 7) is 1.61. The van der Waals surface area contributed by atoms with E-state index in [1.54, 1.807) is 14.1 Å². The Hall–Kier alpha value is -0.160. The van der Waals surface area contributed by atoms with Gasteiger partial charge in [0.25, 0.3) is 0 Å². The molecule has 0 saturated carbocycles. The predicted octanol–water partition coefficient (Wildman–Crippen LogP) is -0.704. The van der Waals surface area contributed by atoms with Crippen LogP contribution >= 0.6 is 0 Å². The SMILES string of the molecule is C[N+](C)(O)CC[CH-]O[O-]. The molecule has 0 heterocycles. The summed E-state index contributed by atoms with van der Waals surface area (Å²) in [4.78, 5) is 3.44. The Kier molecular flexibility index (Phi) is 3.72. The molecule has 0 bridgehead atoms. The lowest BCUT2D eigenvalue weighted by Crippen LogP contribution is -2.36. The maximum atomic E-state index is 9.37. The van der Waals surface area contributed by atoms with E-state index < -0.39 is 0 Å². The van der Waals surface area contributed by atoms with E-state index in [-0.39, 0.29) is 4.65 Å². The Morgan fingerprint density at radius 2 is 2.22 bits per heavy atom. The molecule has 0 aromatic carbocycles. The minimum Gasteiger partial charge on any atom is -0.759 e. The second-order valence-electron chi connectivity index (χ2n) is 2.40. The summed E-state index contributed by atoms with van der Waals surface area (Å²) in [5.74, 6) is 0. The maximum Gasteiger partial charge on any atom is 0.0980 e. The van der Waals surface area contributed by atoms with Crippen molar-refractivity contribution in [1.29, 1.82) is 0 Å². The summed E-state index contributed by atoms with van der Waals surface area (Å²) < 4.78 is -0.139. The van der Waals surface area contributed by atoms with Gasteiger partial charge in [-0.05, 0) is 0 Å². The smallest absolute Gasteiger partial charge is 0.0980 e. The van der Waals surface area contributed by atoms with E-state index in [0.717, 1.165) is 6.61 Å². The van der Waals surface area contributed by atoms with E-state index in [1.807, 2.05) is 0 Å². The van der Waals surface area contributed by atoms with Crippen molar-refractivity contribution in [1.82, 2.24) is 0 Å². The predicted molar refractivity (Wildman–Crippen MR) is 28.8 cm³/mol. The van der Waals surface area contributed by atoms with Crippen molar-refractivity contribution in [3.63, 3.8) is 0 Å². The zero-order chi connectivity index (χ0) is 7.33. The Morgan fingerprint density at radius 3 is 2.56 bits per heavy atom. The highest BCUT2D eigenvalue weighted by Crippen LogP contribution is 1.94. The first-order chi connectivity index (χ1) is 4.06. The largest absolute Gasteiger partial charge is 0.759 e. The molecule has 0 radical (unpaired) electrons. The Morgan fingerprint density at radius 1 is 1.67 bits per heavy atom. The number of nitrogens with zero attached hydrogens (tertiary/aromatic N) is 1. The van der Waals surface area contributed by atoms with Crippen molar-refractivity contribution in [2.24, 2.45) is 0 Å². The third kappa shape index (κ3) is 7.84. The van der Waals surface area contributed by atoms with Gasteiger partial charge in [0.1, 0.15) is 0 Å². The Balaban J connectivity index is 3.07. The van der Waals surface area contributed by atoms with Gasteiger partial charge in [-0.15, -0.1) is 6.42 Å². The van der Waals surface area contributed by atoms with Crippen molar-refractivity contribution in [3.05, 3.63) is 6.61 Å². The van der Waals surface area contributed by atoms with Crippen molar-refractivity contribution in [3.8, 4) is 0 Å². The molecule has 0 aliphatic carbocycles. The first kappa shape index (κ1) is 8.84. The molecule has 9 heavy (non-hydrogen) atoms. The summed E-state index contributed by atoms with van der Waals surface area (Å²) in [7, 11) is 3.25. The monoisotopic (exact) mass is 134 g/mol. The quantitative estimate of drug-likeness (QED) is 0.182. The molecule has 56 valence electrons. The lowest BCUT2D eigenvalue weighted by molar-refractivity contribution is -1.07. The van der Waals surface area contributed by atoms with Crippen molar-refractivity contribution >= 4 is 0 Å². The fraction of sp³-hybridized carbons (Fsp3) is 0.800. The highest BCUT2D eigenvalue weighted by Gasteiger charge is 2.04. The van der Waals surface area contributed by atoms with Crippen LogP contribution in [0.3, 0.4) is 0 Å². The number of hydroxylamine groups is 3. The number of hydrogen-bond donors (Lipinski definition) is 1. The minimum absolute atomic E-state index is 0.139. The molecule has 0 atom stereocenters. The highest BCUT2D eigenvalue weighted by molar-refractivity contribution is 4.43. The van der Waals surface area contributed by atoms with Gasteiger partial charge in [0.05, 0.1) is 20.6 Å². The van der Waals surface area contributed by atoms with Gasteiger partial charge >= 0.3 is 0 Å². The zero-order valence-electron chi connectivity index (χ0n) is 5.70. The third-order valence-electron chi connectivity index (χ3n) is 0.862. The van der Waals surface area contributed by atoms with Crippen LogP contribution in [0.5, 0.6) is 0 Å². The number of rotatable bonds is 4. The molecule has 0 aromatic heterocycles. The normalized spacial score (nSPS) is 12.0. The second-order valence-corrected chi connectivity index (χ2v) is 2.40. The molecule has 1 N–H and O–H groups in total. The lowest BCUT2D eigenvalue weighted by Gasteiger charge is -2.24. The molecule has 0 aromatic rings. The van der Waals surface area contributed by atoms with Crippen LogP contribution in [0.2, 0.25) is 0 Å². The van der Waals surface area contributed by atoms with Gasteiger partial charge in [-0.1, -0.05) is 0 Å². The summed E-state index contributed by atoms with van der Waals surface area (Å²) in [6, 6.07) is 0. The molecule has 0 saturated heterocycles. The molecule has 0 unspecified atom stereocenters. The Labute approximate surface area is 54.8 Å². The topological polar surface area (TPSA) is 52.5 Å². The van der Waals surface area contributed by atoms with Gasteiger partial charge in [0, 0.05) is 0 Å². The van der Waals surface area contributed by atoms with Crippen LogP contribution in [0.15, 0.2) is 0 Å². The molecule has 0 aliphatic rings. The standard InChI is InChI=1S/C5H13NO3/c1-6(2,7)4-3-5-9-8/h5,7-8H,3-4H2,1-2H3/p-1. The molecule has 0 aliphatic heterocycles. The fourth-order valence-electron chi connectivity index (χ4n) is 0.417. The van der Waals surface area contributed by atoms with E-state index >= 15 is 0 Å². The molecular formula is C5H12NO3-. The average Bonchev–Trinajstić information content (AvgIpc) is 1.63. The molecular weight excluding hydrogens is 122 g/mol. The van der Waals surface area contributed by atoms with E-state index in [1.165, 1.54) is 0 Å². The van der Waals surface area contributed by atoms with Crippen LogP contribution in [0.4, 0.5) is 0 Å². The lowest BCUT2D eigenvalue weighted by atomic mass is 10.4. The molecule has 0 amide bonds. The molecule has 4 heteroatoms. The van der Waals surface area contributed by atoms with E-state index in [4.69, 9.17) is 5.21 Å². The first-order valence-electron chi connectivity index (χ1n) is 2.72. The fourth-order valence-corrected chi connectivity index (χ4v) is 0.417. The van der Waals surface area contributed by atoms with E-state index in [0.29, 0.717) is 13.0 Å². The molecule has 0 spiro atoms. The number of hydrogen-bond acceptors (Lipinski definition) is 3. The highest BCUT2D eigenvalue weighted by atomic mass is 17.1. The van der Waals surface area contributed by atoms with E-state index in [2.05, 4.69) is 4.89 Å². The first-order valence-corrected chi connectivity index (χ1v) is 2.72. The van der Waals surface area contributed by atoms with Crippen molar-refractivity contribution < 1.29 is 20.0 Å². The number of quaternary nitrogens is 1. The van der Waals surface area contributed by atoms with Gasteiger partial charge in [0.15, 0.2) is 0 Å².